The quantitative estimate of drug-likeness (QED) is 0.939. The monoisotopic (exact) mass is 281 g/mol. The van der Waals surface area contributed by atoms with Gasteiger partial charge in [0, 0.05) is 18.8 Å². The molecule has 0 saturated carbocycles. The molecule has 106 valence electrons. The van der Waals surface area contributed by atoms with E-state index in [1.54, 1.807) is 62.7 Å². The van der Waals surface area contributed by atoms with E-state index >= 15 is 0 Å². The third kappa shape index (κ3) is 3.31. The van der Waals surface area contributed by atoms with Crippen molar-refractivity contribution < 1.29 is 9.53 Å². The number of rotatable bonds is 3. The minimum absolute atomic E-state index is 0.328. The summed E-state index contributed by atoms with van der Waals surface area (Å²) in [6.45, 7) is 0. The van der Waals surface area contributed by atoms with Crippen molar-refractivity contribution in [2.75, 3.05) is 24.4 Å². The molecule has 0 heterocycles. The molecule has 0 fully saturated rings. The highest BCUT2D eigenvalue weighted by Crippen LogP contribution is 2.21. The molecule has 0 aromatic heterocycles. The summed E-state index contributed by atoms with van der Waals surface area (Å²) in [5, 5.41) is 11.8. The van der Waals surface area contributed by atoms with Crippen LogP contribution in [-0.4, -0.2) is 20.2 Å². The number of methoxy groups -OCH3 is 1. The van der Waals surface area contributed by atoms with Crippen LogP contribution in [0.4, 0.5) is 16.2 Å². The number of hydrogen-bond acceptors (Lipinski definition) is 3. The summed E-state index contributed by atoms with van der Waals surface area (Å²) in [7, 11) is 3.18. The van der Waals surface area contributed by atoms with Gasteiger partial charge in [-0.15, -0.1) is 0 Å². The molecule has 2 rings (SSSR count). The number of carbonyl (C=O) groups excluding carboxylic acids is 1. The smallest absolute Gasteiger partial charge is 0.326 e. The van der Waals surface area contributed by atoms with Crippen LogP contribution in [-0.2, 0) is 0 Å². The second-order valence-electron chi connectivity index (χ2n) is 4.35. The van der Waals surface area contributed by atoms with Crippen LogP contribution < -0.4 is 15.0 Å². The molecule has 5 heteroatoms. The summed E-state index contributed by atoms with van der Waals surface area (Å²) in [5.74, 6) is 0.660. The Morgan fingerprint density at radius 1 is 1.24 bits per heavy atom. The number of carbonyl (C=O) groups is 1. The predicted octanol–water partition coefficient (Wildman–Crippen LogP) is 3.24. The first-order chi connectivity index (χ1) is 10.2. The zero-order valence-corrected chi connectivity index (χ0v) is 11.8. The molecular formula is C16H15N3O2. The third-order valence-corrected chi connectivity index (χ3v) is 3.01. The maximum Gasteiger partial charge on any atom is 0.326 e. The van der Waals surface area contributed by atoms with Crippen molar-refractivity contribution in [1.82, 2.24) is 0 Å². The fraction of sp³-hybridized carbons (Fsp3) is 0.125. The summed E-state index contributed by atoms with van der Waals surface area (Å²) >= 11 is 0. The van der Waals surface area contributed by atoms with Crippen molar-refractivity contribution in [3.8, 4) is 11.8 Å². The van der Waals surface area contributed by atoms with E-state index in [2.05, 4.69) is 11.4 Å². The van der Waals surface area contributed by atoms with Crippen LogP contribution in [0.2, 0.25) is 0 Å². The number of nitrogens with one attached hydrogen (secondary N) is 1. The van der Waals surface area contributed by atoms with E-state index in [4.69, 9.17) is 10.00 Å². The summed E-state index contributed by atoms with van der Waals surface area (Å²) in [4.78, 5) is 13.6. The Kier molecular flexibility index (Phi) is 4.42. The fourth-order valence-corrected chi connectivity index (χ4v) is 1.88. The number of benzene rings is 2. The Morgan fingerprint density at radius 3 is 2.71 bits per heavy atom. The molecule has 0 unspecified atom stereocenters. The van der Waals surface area contributed by atoms with Gasteiger partial charge in [-0.2, -0.15) is 5.26 Å². The molecule has 2 aromatic carbocycles. The molecule has 0 spiro atoms. The van der Waals surface area contributed by atoms with Gasteiger partial charge in [-0.1, -0.05) is 18.2 Å². The number of nitrogens with zero attached hydrogens (tertiary/aromatic N) is 2. The second kappa shape index (κ2) is 6.44. The lowest BCUT2D eigenvalue weighted by atomic mass is 10.2. The molecule has 2 amide bonds. The van der Waals surface area contributed by atoms with Gasteiger partial charge < -0.3 is 10.1 Å². The van der Waals surface area contributed by atoms with Gasteiger partial charge in [0.05, 0.1) is 18.4 Å². The maximum absolute atomic E-state index is 12.2. The van der Waals surface area contributed by atoms with Gasteiger partial charge in [-0.3, -0.25) is 4.90 Å². The first-order valence-corrected chi connectivity index (χ1v) is 6.33. The standard InChI is InChI=1S/C16H15N3O2/c1-19(15-9-4-3-6-12(15)11-17)16(20)18-13-7-5-8-14(10-13)21-2/h3-10H,1-2H3,(H,18,20). The van der Waals surface area contributed by atoms with Crippen molar-refractivity contribution in [3.05, 3.63) is 54.1 Å². The van der Waals surface area contributed by atoms with Gasteiger partial charge in [0.15, 0.2) is 0 Å². The van der Waals surface area contributed by atoms with Crippen LogP contribution in [0.25, 0.3) is 0 Å². The molecule has 5 nitrogen and oxygen atoms in total. The Balaban J connectivity index is 2.18. The van der Waals surface area contributed by atoms with E-state index in [0.717, 1.165) is 0 Å². The number of ether oxygens (including phenoxy) is 1. The zero-order chi connectivity index (χ0) is 15.2. The number of anilines is 2. The van der Waals surface area contributed by atoms with Crippen LogP contribution in [0.15, 0.2) is 48.5 Å². The first-order valence-electron chi connectivity index (χ1n) is 6.33. The van der Waals surface area contributed by atoms with Gasteiger partial charge in [-0.25, -0.2) is 4.79 Å². The van der Waals surface area contributed by atoms with E-state index in [0.29, 0.717) is 22.7 Å². The number of hydrogen-bond donors (Lipinski definition) is 1. The lowest BCUT2D eigenvalue weighted by Crippen LogP contribution is -2.31. The van der Waals surface area contributed by atoms with Gasteiger partial charge in [-0.05, 0) is 24.3 Å². The molecule has 0 aliphatic heterocycles. The van der Waals surface area contributed by atoms with Crippen LogP contribution >= 0.6 is 0 Å². The Bertz CT molecular complexity index is 692. The van der Waals surface area contributed by atoms with Crippen molar-refractivity contribution in [2.24, 2.45) is 0 Å². The molecule has 0 aliphatic carbocycles. The van der Waals surface area contributed by atoms with E-state index < -0.39 is 0 Å². The van der Waals surface area contributed by atoms with E-state index in [9.17, 15) is 4.79 Å². The summed E-state index contributed by atoms with van der Waals surface area (Å²) in [6, 6.07) is 15.8. The van der Waals surface area contributed by atoms with Crippen LogP contribution in [0.1, 0.15) is 5.56 Å². The molecular weight excluding hydrogens is 266 g/mol. The number of urea groups is 1. The van der Waals surface area contributed by atoms with E-state index in [-0.39, 0.29) is 6.03 Å². The van der Waals surface area contributed by atoms with Crippen molar-refractivity contribution >= 4 is 17.4 Å². The summed E-state index contributed by atoms with van der Waals surface area (Å²) < 4.78 is 5.11. The summed E-state index contributed by atoms with van der Waals surface area (Å²) in [6.07, 6.45) is 0. The maximum atomic E-state index is 12.2. The average molecular weight is 281 g/mol. The average Bonchev–Trinajstić information content (AvgIpc) is 2.54. The molecule has 0 bridgehead atoms. The molecule has 0 saturated heterocycles. The van der Waals surface area contributed by atoms with Crippen LogP contribution in [0.3, 0.4) is 0 Å². The highest BCUT2D eigenvalue weighted by molar-refractivity contribution is 6.02. The lowest BCUT2D eigenvalue weighted by Gasteiger charge is -2.19. The molecule has 1 N–H and O–H groups in total. The minimum Gasteiger partial charge on any atom is -0.497 e. The van der Waals surface area contributed by atoms with Gasteiger partial charge in [0.2, 0.25) is 0 Å². The van der Waals surface area contributed by atoms with Crippen molar-refractivity contribution in [2.45, 2.75) is 0 Å². The van der Waals surface area contributed by atoms with Crippen molar-refractivity contribution in [1.29, 1.82) is 5.26 Å². The SMILES string of the molecule is COc1cccc(NC(=O)N(C)c2ccccc2C#N)c1. The van der Waals surface area contributed by atoms with Gasteiger partial charge in [0.25, 0.3) is 0 Å². The number of amides is 2. The largest absolute Gasteiger partial charge is 0.497 e. The van der Waals surface area contributed by atoms with Crippen molar-refractivity contribution in [3.63, 3.8) is 0 Å². The second-order valence-corrected chi connectivity index (χ2v) is 4.35. The Morgan fingerprint density at radius 2 is 2.00 bits per heavy atom. The van der Waals surface area contributed by atoms with Crippen LogP contribution in [0.5, 0.6) is 5.75 Å². The Hall–Kier alpha value is -3.00. The highest BCUT2D eigenvalue weighted by atomic mass is 16.5. The Labute approximate surface area is 123 Å². The topological polar surface area (TPSA) is 65.4 Å². The number of nitriles is 1. The highest BCUT2D eigenvalue weighted by Gasteiger charge is 2.14. The number of para-hydroxylation sites is 1. The normalized spacial score (nSPS) is 9.57. The molecule has 2 aromatic rings. The van der Waals surface area contributed by atoms with Gasteiger partial charge >= 0.3 is 6.03 Å². The lowest BCUT2D eigenvalue weighted by molar-refractivity contribution is 0.258. The molecule has 21 heavy (non-hydrogen) atoms. The molecule has 0 aliphatic rings. The summed E-state index contributed by atoms with van der Waals surface area (Å²) in [5.41, 5.74) is 1.63. The predicted molar refractivity (Wildman–Crippen MR) is 81.6 cm³/mol. The molecule has 0 atom stereocenters. The van der Waals surface area contributed by atoms with E-state index in [1.807, 2.05) is 0 Å². The zero-order valence-electron chi connectivity index (χ0n) is 11.8. The van der Waals surface area contributed by atoms with Crippen LogP contribution in [0, 0.1) is 11.3 Å². The minimum atomic E-state index is -0.328. The van der Waals surface area contributed by atoms with E-state index in [1.165, 1.54) is 4.90 Å². The molecule has 0 radical (unpaired) electrons. The fourth-order valence-electron chi connectivity index (χ4n) is 1.88. The third-order valence-electron chi connectivity index (χ3n) is 3.01. The van der Waals surface area contributed by atoms with Gasteiger partial charge in [0.1, 0.15) is 11.8 Å². The first kappa shape index (κ1) is 14.4.